The number of anilines is 2. The van der Waals surface area contributed by atoms with E-state index < -0.39 is 6.03 Å². The average molecular weight is 361 g/mol. The molecule has 0 fully saturated rings. The van der Waals surface area contributed by atoms with Crippen molar-refractivity contribution in [2.45, 2.75) is 6.61 Å². The van der Waals surface area contributed by atoms with Crippen molar-refractivity contribution in [3.05, 3.63) is 90.0 Å². The molecule has 4 N–H and O–H groups in total. The molecule has 0 unspecified atom stereocenters. The van der Waals surface area contributed by atoms with Crippen LogP contribution in [0.4, 0.5) is 16.2 Å². The molecule has 3 amide bonds. The van der Waals surface area contributed by atoms with Gasteiger partial charge >= 0.3 is 6.03 Å². The van der Waals surface area contributed by atoms with Crippen molar-refractivity contribution in [1.82, 2.24) is 0 Å². The van der Waals surface area contributed by atoms with Gasteiger partial charge in [-0.2, -0.15) is 0 Å². The van der Waals surface area contributed by atoms with Crippen molar-refractivity contribution in [2.75, 3.05) is 10.6 Å². The summed E-state index contributed by atoms with van der Waals surface area (Å²) in [6.07, 6.45) is 0. The predicted octanol–water partition coefficient (Wildman–Crippen LogP) is 4.01. The smallest absolute Gasteiger partial charge is 0.316 e. The van der Waals surface area contributed by atoms with Crippen LogP contribution in [0.2, 0.25) is 0 Å². The molecule has 6 heteroatoms. The number of carbonyl (C=O) groups is 2. The first-order chi connectivity index (χ1) is 13.1. The van der Waals surface area contributed by atoms with E-state index >= 15 is 0 Å². The van der Waals surface area contributed by atoms with Crippen LogP contribution in [0.25, 0.3) is 0 Å². The third-order valence-electron chi connectivity index (χ3n) is 3.78. The van der Waals surface area contributed by atoms with E-state index in [9.17, 15) is 9.59 Å². The summed E-state index contributed by atoms with van der Waals surface area (Å²) in [4.78, 5) is 23.1. The monoisotopic (exact) mass is 361 g/mol. The van der Waals surface area contributed by atoms with E-state index in [1.807, 2.05) is 42.5 Å². The van der Waals surface area contributed by atoms with Gasteiger partial charge in [0, 0.05) is 16.9 Å². The van der Waals surface area contributed by atoms with Crippen LogP contribution in [-0.4, -0.2) is 11.9 Å². The maximum atomic E-state index is 12.3. The number of nitrogens with one attached hydrogen (secondary N) is 2. The fraction of sp³-hybridized carbons (Fsp3) is 0.0476. The minimum Gasteiger partial charge on any atom is -0.489 e. The lowest BCUT2D eigenvalue weighted by Gasteiger charge is -2.09. The second-order valence-electron chi connectivity index (χ2n) is 5.82. The van der Waals surface area contributed by atoms with Gasteiger partial charge in [-0.15, -0.1) is 0 Å². The Balaban J connectivity index is 1.56. The number of amides is 3. The number of nitrogens with two attached hydrogens (primary N) is 1. The number of urea groups is 1. The number of ether oxygens (including phenoxy) is 1. The van der Waals surface area contributed by atoms with Gasteiger partial charge in [0.25, 0.3) is 5.91 Å². The summed E-state index contributed by atoms with van der Waals surface area (Å²) in [7, 11) is 0. The highest BCUT2D eigenvalue weighted by molar-refractivity contribution is 6.04. The highest BCUT2D eigenvalue weighted by Gasteiger charge is 2.07. The Bertz CT molecular complexity index is 908. The number of benzene rings is 3. The van der Waals surface area contributed by atoms with Crippen LogP contribution in [0, 0.1) is 0 Å². The Morgan fingerprint density at radius 2 is 1.37 bits per heavy atom. The van der Waals surface area contributed by atoms with Crippen molar-refractivity contribution < 1.29 is 14.3 Å². The van der Waals surface area contributed by atoms with Crippen molar-refractivity contribution >= 4 is 23.3 Å². The van der Waals surface area contributed by atoms with Crippen LogP contribution in [0.3, 0.4) is 0 Å². The van der Waals surface area contributed by atoms with Gasteiger partial charge in [0.1, 0.15) is 12.4 Å². The minimum atomic E-state index is -0.636. The van der Waals surface area contributed by atoms with Gasteiger partial charge in [-0.1, -0.05) is 30.3 Å². The first-order valence-corrected chi connectivity index (χ1v) is 8.35. The zero-order valence-corrected chi connectivity index (χ0v) is 14.5. The molecule has 3 aromatic rings. The molecule has 0 aliphatic heterocycles. The summed E-state index contributed by atoms with van der Waals surface area (Å²) in [6.45, 7) is 0.431. The normalized spacial score (nSPS) is 10.1. The third-order valence-corrected chi connectivity index (χ3v) is 3.78. The van der Waals surface area contributed by atoms with Crippen LogP contribution in [0.15, 0.2) is 78.9 Å². The Kier molecular flexibility index (Phi) is 5.69. The minimum absolute atomic E-state index is 0.221. The van der Waals surface area contributed by atoms with Crippen molar-refractivity contribution in [2.24, 2.45) is 5.73 Å². The van der Waals surface area contributed by atoms with Crippen LogP contribution in [-0.2, 0) is 6.61 Å². The maximum Gasteiger partial charge on any atom is 0.316 e. The Morgan fingerprint density at radius 1 is 0.778 bits per heavy atom. The molecule has 6 nitrogen and oxygen atoms in total. The molecular formula is C21H19N3O3. The second-order valence-corrected chi connectivity index (χ2v) is 5.82. The Labute approximate surface area is 157 Å². The fourth-order valence-corrected chi connectivity index (χ4v) is 2.42. The van der Waals surface area contributed by atoms with Crippen LogP contribution in [0.5, 0.6) is 5.75 Å². The van der Waals surface area contributed by atoms with E-state index in [2.05, 4.69) is 10.6 Å². The van der Waals surface area contributed by atoms with Gasteiger partial charge in [0.2, 0.25) is 0 Å². The summed E-state index contributed by atoms with van der Waals surface area (Å²) in [6, 6.07) is 22.8. The number of hydrogen-bond donors (Lipinski definition) is 3. The predicted molar refractivity (Wildman–Crippen MR) is 105 cm³/mol. The quantitative estimate of drug-likeness (QED) is 0.619. The van der Waals surface area contributed by atoms with E-state index in [1.165, 1.54) is 0 Å². The van der Waals surface area contributed by atoms with E-state index in [0.717, 1.165) is 11.3 Å². The summed E-state index contributed by atoms with van der Waals surface area (Å²) in [5.74, 6) is 0.578. The number of rotatable bonds is 6. The third kappa shape index (κ3) is 5.34. The van der Waals surface area contributed by atoms with Crippen molar-refractivity contribution in [1.29, 1.82) is 0 Å². The van der Waals surface area contributed by atoms with Gasteiger partial charge < -0.3 is 21.1 Å². The largest absolute Gasteiger partial charge is 0.489 e. The molecular weight excluding hydrogens is 342 g/mol. The van der Waals surface area contributed by atoms with E-state index in [-0.39, 0.29) is 5.91 Å². The number of carbonyl (C=O) groups excluding carboxylic acids is 2. The molecule has 0 bridgehead atoms. The van der Waals surface area contributed by atoms with Crippen LogP contribution >= 0.6 is 0 Å². The molecule has 0 aliphatic rings. The molecule has 0 saturated carbocycles. The zero-order valence-electron chi connectivity index (χ0n) is 14.5. The van der Waals surface area contributed by atoms with Crippen molar-refractivity contribution in [3.63, 3.8) is 0 Å². The molecule has 136 valence electrons. The SMILES string of the molecule is NC(=O)Nc1ccc(NC(=O)c2ccc(COc3ccccc3)cc2)cc1. The van der Waals surface area contributed by atoms with Crippen LogP contribution < -0.4 is 21.1 Å². The van der Waals surface area contributed by atoms with Gasteiger partial charge in [-0.05, 0) is 54.1 Å². The molecule has 27 heavy (non-hydrogen) atoms. The second kappa shape index (κ2) is 8.53. The standard InChI is InChI=1S/C21H19N3O3/c22-21(26)24-18-12-10-17(11-13-18)23-20(25)16-8-6-15(7-9-16)14-27-19-4-2-1-3-5-19/h1-13H,14H2,(H,23,25)(H3,22,24,26). The molecule has 0 heterocycles. The number of para-hydroxylation sites is 1. The van der Waals surface area contributed by atoms with Gasteiger partial charge in [0.05, 0.1) is 0 Å². The first kappa shape index (κ1) is 18.0. The molecule has 0 atom stereocenters. The van der Waals surface area contributed by atoms with E-state index in [4.69, 9.17) is 10.5 Å². The molecule has 0 spiro atoms. The number of primary amides is 1. The van der Waals surface area contributed by atoms with Crippen molar-refractivity contribution in [3.8, 4) is 5.75 Å². The first-order valence-electron chi connectivity index (χ1n) is 8.35. The summed E-state index contributed by atoms with van der Waals surface area (Å²) >= 11 is 0. The fourth-order valence-electron chi connectivity index (χ4n) is 2.42. The molecule has 0 saturated heterocycles. The Morgan fingerprint density at radius 3 is 1.96 bits per heavy atom. The number of hydrogen-bond acceptors (Lipinski definition) is 3. The maximum absolute atomic E-state index is 12.3. The molecule has 3 aromatic carbocycles. The average Bonchev–Trinajstić information content (AvgIpc) is 2.69. The summed E-state index contributed by atoms with van der Waals surface area (Å²) < 4.78 is 5.69. The van der Waals surface area contributed by atoms with Gasteiger partial charge in [-0.3, -0.25) is 4.79 Å². The Hall–Kier alpha value is -3.80. The van der Waals surface area contributed by atoms with Gasteiger partial charge in [0.15, 0.2) is 0 Å². The highest BCUT2D eigenvalue weighted by Crippen LogP contribution is 2.16. The van der Waals surface area contributed by atoms with E-state index in [1.54, 1.807) is 36.4 Å². The lowest BCUT2D eigenvalue weighted by Crippen LogP contribution is -2.19. The lowest BCUT2D eigenvalue weighted by molar-refractivity contribution is 0.102. The highest BCUT2D eigenvalue weighted by atomic mass is 16.5. The lowest BCUT2D eigenvalue weighted by atomic mass is 10.1. The molecule has 0 radical (unpaired) electrons. The van der Waals surface area contributed by atoms with Gasteiger partial charge in [-0.25, -0.2) is 4.79 Å². The summed E-state index contributed by atoms with van der Waals surface area (Å²) in [5.41, 5.74) is 7.74. The zero-order chi connectivity index (χ0) is 19.1. The topological polar surface area (TPSA) is 93.5 Å². The molecule has 3 rings (SSSR count). The van der Waals surface area contributed by atoms with Crippen LogP contribution in [0.1, 0.15) is 15.9 Å². The summed E-state index contributed by atoms with van der Waals surface area (Å²) in [5, 5.41) is 5.26. The molecule has 0 aromatic heterocycles. The molecule has 0 aliphatic carbocycles. The van der Waals surface area contributed by atoms with E-state index in [0.29, 0.717) is 23.5 Å².